The predicted molar refractivity (Wildman–Crippen MR) is 123 cm³/mol. The van der Waals surface area contributed by atoms with E-state index in [0.29, 0.717) is 41.3 Å². The fourth-order valence-corrected chi connectivity index (χ4v) is 4.11. The average Bonchev–Trinajstić information content (AvgIpc) is 3.31. The fraction of sp³-hybridized carbons (Fsp3) is 0.217. The lowest BCUT2D eigenvalue weighted by Crippen LogP contribution is -2.25. The molecule has 1 N–H and O–H groups in total. The lowest BCUT2D eigenvalue weighted by Gasteiger charge is -2.24. The zero-order chi connectivity index (χ0) is 21.8. The lowest BCUT2D eigenvalue weighted by molar-refractivity contribution is 0.355. The molecule has 2 heterocycles. The summed E-state index contributed by atoms with van der Waals surface area (Å²) in [4.78, 5) is 23.7. The van der Waals surface area contributed by atoms with Gasteiger partial charge < -0.3 is 24.1 Å². The van der Waals surface area contributed by atoms with Gasteiger partial charge in [0.2, 0.25) is 0 Å². The van der Waals surface area contributed by atoms with Crippen LogP contribution in [-0.4, -0.2) is 31.3 Å². The number of thiophene rings is 1. The number of anilines is 1. The number of methoxy groups -OCH3 is 3. The Bertz CT molecular complexity index is 1220. The van der Waals surface area contributed by atoms with E-state index < -0.39 is 0 Å². The predicted octanol–water partition coefficient (Wildman–Crippen LogP) is 4.22. The van der Waals surface area contributed by atoms with Crippen LogP contribution in [0.4, 0.5) is 5.69 Å². The Morgan fingerprint density at radius 1 is 0.968 bits per heavy atom. The Balaban J connectivity index is 1.71. The molecule has 0 bridgehead atoms. The smallest absolute Gasteiger partial charge is 0.258 e. The van der Waals surface area contributed by atoms with E-state index in [2.05, 4.69) is 21.3 Å². The summed E-state index contributed by atoms with van der Waals surface area (Å²) in [5, 5.41) is 2.51. The molecule has 0 saturated heterocycles. The van der Waals surface area contributed by atoms with Crippen LogP contribution in [0.15, 0.2) is 58.7 Å². The van der Waals surface area contributed by atoms with Crippen molar-refractivity contribution < 1.29 is 14.2 Å². The van der Waals surface area contributed by atoms with E-state index in [0.717, 1.165) is 11.4 Å². The molecule has 0 aliphatic rings. The molecule has 2 aromatic heterocycles. The van der Waals surface area contributed by atoms with Crippen molar-refractivity contribution in [1.29, 1.82) is 0 Å². The fourth-order valence-electron chi connectivity index (χ4n) is 3.39. The van der Waals surface area contributed by atoms with E-state index in [1.807, 2.05) is 30.3 Å². The number of benzene rings is 2. The number of ether oxygens (including phenoxy) is 3. The number of aromatic amines is 1. The molecule has 0 saturated carbocycles. The van der Waals surface area contributed by atoms with Crippen LogP contribution < -0.4 is 24.7 Å². The summed E-state index contributed by atoms with van der Waals surface area (Å²) >= 11 is 1.69. The quantitative estimate of drug-likeness (QED) is 0.445. The summed E-state index contributed by atoms with van der Waals surface area (Å²) in [6.07, 6.45) is 0. The standard InChI is InChI=1S/C23H23N3O4S/c1-28-16-8-6-15(7-9-16)26(13-17-5-4-10-31-17)14-22-24-19-12-21(30-3)20(29-2)11-18(19)23(27)25-22/h4-12H,13-14H2,1-3H3,(H,24,25,27). The van der Waals surface area contributed by atoms with Crippen molar-refractivity contribution in [2.75, 3.05) is 26.2 Å². The first-order valence-electron chi connectivity index (χ1n) is 9.67. The number of H-pyrrole nitrogens is 1. The first-order chi connectivity index (χ1) is 15.1. The van der Waals surface area contributed by atoms with Crippen molar-refractivity contribution in [2.24, 2.45) is 0 Å². The Morgan fingerprint density at radius 2 is 1.71 bits per heavy atom. The molecule has 0 spiro atoms. The van der Waals surface area contributed by atoms with Crippen molar-refractivity contribution in [2.45, 2.75) is 13.1 Å². The van der Waals surface area contributed by atoms with Gasteiger partial charge in [-0.1, -0.05) is 6.07 Å². The molecule has 0 amide bonds. The van der Waals surface area contributed by atoms with Gasteiger partial charge >= 0.3 is 0 Å². The molecule has 4 rings (SSSR count). The summed E-state index contributed by atoms with van der Waals surface area (Å²) in [6, 6.07) is 15.3. The van der Waals surface area contributed by atoms with Crippen LogP contribution >= 0.6 is 11.3 Å². The molecule has 0 radical (unpaired) electrons. The van der Waals surface area contributed by atoms with Crippen LogP contribution in [0.3, 0.4) is 0 Å². The van der Waals surface area contributed by atoms with Gasteiger partial charge in [-0.25, -0.2) is 4.98 Å². The monoisotopic (exact) mass is 437 g/mol. The Hall–Kier alpha value is -3.52. The minimum atomic E-state index is -0.216. The number of hydrogen-bond donors (Lipinski definition) is 1. The second-order valence-corrected chi connectivity index (χ2v) is 7.90. The first kappa shape index (κ1) is 20.7. The molecule has 0 unspecified atom stereocenters. The van der Waals surface area contributed by atoms with Gasteiger partial charge in [-0.15, -0.1) is 11.3 Å². The number of rotatable bonds is 8. The number of nitrogens with zero attached hydrogens (tertiary/aromatic N) is 2. The van der Waals surface area contributed by atoms with E-state index in [9.17, 15) is 4.79 Å². The highest BCUT2D eigenvalue weighted by molar-refractivity contribution is 7.09. The second-order valence-electron chi connectivity index (χ2n) is 6.87. The number of aromatic nitrogens is 2. The largest absolute Gasteiger partial charge is 0.497 e. The van der Waals surface area contributed by atoms with Crippen molar-refractivity contribution in [3.8, 4) is 17.2 Å². The summed E-state index contributed by atoms with van der Waals surface area (Å²) in [7, 11) is 4.74. The maximum Gasteiger partial charge on any atom is 0.258 e. The van der Waals surface area contributed by atoms with Crippen molar-refractivity contribution in [3.05, 3.63) is 75.0 Å². The van der Waals surface area contributed by atoms with Gasteiger partial charge in [-0.05, 0) is 41.8 Å². The Kier molecular flexibility index (Phi) is 6.08. The highest BCUT2D eigenvalue weighted by atomic mass is 32.1. The van der Waals surface area contributed by atoms with E-state index in [-0.39, 0.29) is 5.56 Å². The minimum Gasteiger partial charge on any atom is -0.497 e. The van der Waals surface area contributed by atoms with E-state index in [1.165, 1.54) is 12.0 Å². The molecule has 0 fully saturated rings. The zero-order valence-corrected chi connectivity index (χ0v) is 18.4. The molecular weight excluding hydrogens is 414 g/mol. The Morgan fingerprint density at radius 3 is 2.35 bits per heavy atom. The SMILES string of the molecule is COc1ccc(N(Cc2nc3cc(OC)c(OC)cc3c(=O)[nH]2)Cc2cccs2)cc1. The third kappa shape index (κ3) is 4.49. The van der Waals surface area contributed by atoms with Gasteiger partial charge in [-0.3, -0.25) is 4.79 Å². The van der Waals surface area contributed by atoms with E-state index in [1.54, 1.807) is 37.7 Å². The molecule has 0 aliphatic heterocycles. The van der Waals surface area contributed by atoms with Crippen LogP contribution in [0.25, 0.3) is 10.9 Å². The van der Waals surface area contributed by atoms with Crippen LogP contribution in [-0.2, 0) is 13.1 Å². The molecule has 8 heteroatoms. The topological polar surface area (TPSA) is 76.7 Å². The summed E-state index contributed by atoms with van der Waals surface area (Å²) in [6.45, 7) is 1.13. The highest BCUT2D eigenvalue weighted by Crippen LogP contribution is 2.30. The van der Waals surface area contributed by atoms with Crippen LogP contribution in [0.5, 0.6) is 17.2 Å². The van der Waals surface area contributed by atoms with Crippen molar-refractivity contribution in [1.82, 2.24) is 9.97 Å². The normalized spacial score (nSPS) is 10.8. The van der Waals surface area contributed by atoms with Gasteiger partial charge in [0.1, 0.15) is 11.6 Å². The molecule has 0 aliphatic carbocycles. The minimum absolute atomic E-state index is 0.216. The number of hydrogen-bond acceptors (Lipinski definition) is 7. The van der Waals surface area contributed by atoms with Gasteiger partial charge in [0, 0.05) is 16.6 Å². The van der Waals surface area contributed by atoms with Crippen molar-refractivity contribution in [3.63, 3.8) is 0 Å². The highest BCUT2D eigenvalue weighted by Gasteiger charge is 2.15. The maximum atomic E-state index is 12.8. The van der Waals surface area contributed by atoms with Crippen LogP contribution in [0.1, 0.15) is 10.7 Å². The van der Waals surface area contributed by atoms with Crippen LogP contribution in [0, 0.1) is 0 Å². The first-order valence-corrected chi connectivity index (χ1v) is 10.6. The van der Waals surface area contributed by atoms with E-state index in [4.69, 9.17) is 19.2 Å². The number of fused-ring (bicyclic) bond motifs is 1. The van der Waals surface area contributed by atoms with Gasteiger partial charge in [0.25, 0.3) is 5.56 Å². The van der Waals surface area contributed by atoms with Gasteiger partial charge in [0.05, 0.1) is 45.3 Å². The molecule has 4 aromatic rings. The maximum absolute atomic E-state index is 12.8. The zero-order valence-electron chi connectivity index (χ0n) is 17.5. The average molecular weight is 438 g/mol. The van der Waals surface area contributed by atoms with E-state index >= 15 is 0 Å². The molecule has 0 atom stereocenters. The van der Waals surface area contributed by atoms with Crippen molar-refractivity contribution >= 4 is 27.9 Å². The third-order valence-electron chi connectivity index (χ3n) is 4.96. The Labute approximate surface area is 183 Å². The van der Waals surface area contributed by atoms with Crippen LogP contribution in [0.2, 0.25) is 0 Å². The molecular formula is C23H23N3O4S. The second kappa shape index (κ2) is 9.09. The molecule has 31 heavy (non-hydrogen) atoms. The molecule has 160 valence electrons. The summed E-state index contributed by atoms with van der Waals surface area (Å²) in [5.74, 6) is 2.38. The van der Waals surface area contributed by atoms with Gasteiger partial charge in [0.15, 0.2) is 11.5 Å². The lowest BCUT2D eigenvalue weighted by atomic mass is 10.2. The molecule has 2 aromatic carbocycles. The third-order valence-corrected chi connectivity index (χ3v) is 5.83. The number of nitrogens with one attached hydrogen (secondary N) is 1. The summed E-state index contributed by atoms with van der Waals surface area (Å²) < 4.78 is 16.0. The summed E-state index contributed by atoms with van der Waals surface area (Å²) in [5.41, 5.74) is 1.35. The van der Waals surface area contributed by atoms with Gasteiger partial charge in [-0.2, -0.15) is 0 Å². The molecule has 7 nitrogen and oxygen atoms in total.